The topological polar surface area (TPSA) is 42.6 Å². The Bertz CT molecular complexity index is 1040. The molecule has 32 heavy (non-hydrogen) atoms. The largest absolute Gasteiger partial charge is 0.361 e. The summed E-state index contributed by atoms with van der Waals surface area (Å²) in [4.78, 5) is 11.5. The van der Waals surface area contributed by atoms with Crippen LogP contribution in [0.1, 0.15) is 57.9 Å². The zero-order valence-corrected chi connectivity index (χ0v) is 19.8. The lowest BCUT2D eigenvalue weighted by molar-refractivity contribution is 0.0286. The third-order valence-corrected chi connectivity index (χ3v) is 6.97. The van der Waals surface area contributed by atoms with Crippen LogP contribution in [0.25, 0.3) is 11.0 Å². The summed E-state index contributed by atoms with van der Waals surface area (Å²) in [6.07, 6.45) is 16.9. The van der Waals surface area contributed by atoms with Crippen molar-refractivity contribution in [3.8, 4) is 12.3 Å². The van der Waals surface area contributed by atoms with Crippen LogP contribution < -0.4 is 0 Å². The number of hydrogen-bond donors (Lipinski definition) is 0. The minimum Gasteiger partial charge on any atom is -0.361 e. The Hall–Kier alpha value is -2.58. The monoisotopic (exact) mass is 432 g/mol. The first-order valence-corrected chi connectivity index (χ1v) is 11.9. The van der Waals surface area contributed by atoms with Crippen molar-refractivity contribution in [2.75, 3.05) is 26.9 Å². The van der Waals surface area contributed by atoms with E-state index in [0.29, 0.717) is 12.6 Å². The highest BCUT2D eigenvalue weighted by Crippen LogP contribution is 2.34. The van der Waals surface area contributed by atoms with E-state index in [1.807, 2.05) is 25.5 Å². The van der Waals surface area contributed by atoms with Gasteiger partial charge in [0.25, 0.3) is 0 Å². The molecule has 5 nitrogen and oxygen atoms in total. The maximum Gasteiger partial charge on any atom is 0.118 e. The highest BCUT2D eigenvalue weighted by atomic mass is 16.5. The molecular formula is C27H36N4O. The van der Waals surface area contributed by atoms with E-state index in [1.165, 1.54) is 30.7 Å². The van der Waals surface area contributed by atoms with Gasteiger partial charge in [-0.25, -0.2) is 4.98 Å². The molecule has 1 saturated heterocycles. The Morgan fingerprint density at radius 3 is 2.91 bits per heavy atom. The summed E-state index contributed by atoms with van der Waals surface area (Å²) in [5.74, 6) is 3.42. The quantitative estimate of drug-likeness (QED) is 0.478. The Morgan fingerprint density at radius 1 is 1.34 bits per heavy atom. The van der Waals surface area contributed by atoms with Gasteiger partial charge < -0.3 is 14.2 Å². The summed E-state index contributed by atoms with van der Waals surface area (Å²) in [5.41, 5.74) is 5.73. The van der Waals surface area contributed by atoms with Crippen LogP contribution in [-0.2, 0) is 11.3 Å². The summed E-state index contributed by atoms with van der Waals surface area (Å²) in [5, 5.41) is 0. The number of aliphatic imine (C=N–C) groups is 1. The Balaban J connectivity index is 1.46. The zero-order chi connectivity index (χ0) is 22.6. The van der Waals surface area contributed by atoms with Crippen molar-refractivity contribution in [1.29, 1.82) is 0 Å². The molecule has 1 aromatic carbocycles. The van der Waals surface area contributed by atoms with Gasteiger partial charge in [0.2, 0.25) is 0 Å². The van der Waals surface area contributed by atoms with Gasteiger partial charge in [0.15, 0.2) is 0 Å². The van der Waals surface area contributed by atoms with Crippen molar-refractivity contribution in [2.24, 2.45) is 16.3 Å². The van der Waals surface area contributed by atoms with Crippen molar-refractivity contribution >= 4 is 16.7 Å². The standard InChI is InChI=1S/C27H36N4O/c1-5-22-8-11-24-26(17-22)31(19-29-24)18-27(3)12-6-14-30(20-32-15-7-13-27)21(2)16-25(28-4)23-9-10-23/h1,8,11,16-17,19,23H,6-7,9-10,12-15,18,20H2,2-4H3/b21-16+,28-25?. The molecule has 4 rings (SSSR count). The van der Waals surface area contributed by atoms with E-state index in [4.69, 9.17) is 11.2 Å². The van der Waals surface area contributed by atoms with Crippen LogP contribution in [0.3, 0.4) is 0 Å². The molecule has 2 aliphatic rings. The molecule has 0 spiro atoms. The number of allylic oxidation sites excluding steroid dienone is 2. The maximum absolute atomic E-state index is 6.07. The van der Waals surface area contributed by atoms with E-state index in [0.717, 1.165) is 55.6 Å². The fraction of sp³-hybridized carbons (Fsp3) is 0.556. The molecule has 0 bridgehead atoms. The van der Waals surface area contributed by atoms with Crippen molar-refractivity contribution in [3.63, 3.8) is 0 Å². The van der Waals surface area contributed by atoms with Crippen LogP contribution in [0.2, 0.25) is 0 Å². The van der Waals surface area contributed by atoms with Crippen molar-refractivity contribution in [3.05, 3.63) is 41.9 Å². The molecule has 0 amide bonds. The van der Waals surface area contributed by atoms with Gasteiger partial charge in [-0.15, -0.1) is 6.42 Å². The van der Waals surface area contributed by atoms with E-state index in [-0.39, 0.29) is 5.41 Å². The van der Waals surface area contributed by atoms with Crippen molar-refractivity contribution in [2.45, 2.75) is 58.9 Å². The van der Waals surface area contributed by atoms with Crippen LogP contribution >= 0.6 is 0 Å². The van der Waals surface area contributed by atoms with Gasteiger partial charge in [-0.2, -0.15) is 0 Å². The third-order valence-electron chi connectivity index (χ3n) is 6.97. The van der Waals surface area contributed by atoms with Crippen molar-refractivity contribution in [1.82, 2.24) is 14.5 Å². The van der Waals surface area contributed by atoms with Crippen LogP contribution in [0, 0.1) is 23.7 Å². The lowest BCUT2D eigenvalue weighted by Crippen LogP contribution is -2.31. The highest BCUT2D eigenvalue weighted by Gasteiger charge is 2.28. The smallest absolute Gasteiger partial charge is 0.118 e. The van der Waals surface area contributed by atoms with Crippen LogP contribution in [0.15, 0.2) is 41.3 Å². The highest BCUT2D eigenvalue weighted by molar-refractivity contribution is 5.98. The first kappa shape index (κ1) is 22.6. The average molecular weight is 433 g/mol. The number of hydrogen-bond acceptors (Lipinski definition) is 4. The van der Waals surface area contributed by atoms with Crippen LogP contribution in [-0.4, -0.2) is 47.1 Å². The van der Waals surface area contributed by atoms with E-state index < -0.39 is 0 Å². The predicted molar refractivity (Wildman–Crippen MR) is 132 cm³/mol. The average Bonchev–Trinajstić information content (AvgIpc) is 3.57. The van der Waals surface area contributed by atoms with E-state index in [1.54, 1.807) is 0 Å². The SMILES string of the molecule is C#Cc1ccc2ncn(CC3(C)CCCOCN(/C(C)=C/C(=NC)C4CC4)CCC3)c2c1. The van der Waals surface area contributed by atoms with E-state index in [9.17, 15) is 0 Å². The number of rotatable bonds is 5. The lowest BCUT2D eigenvalue weighted by atomic mass is 9.80. The predicted octanol–water partition coefficient (Wildman–Crippen LogP) is 5.26. The summed E-state index contributed by atoms with van der Waals surface area (Å²) in [6.45, 7) is 8.02. The Kier molecular flexibility index (Phi) is 7.01. The summed E-state index contributed by atoms with van der Waals surface area (Å²) >= 11 is 0. The number of imidazole rings is 1. The van der Waals surface area contributed by atoms with E-state index in [2.05, 4.69) is 51.4 Å². The molecule has 0 N–H and O–H groups in total. The van der Waals surface area contributed by atoms with Gasteiger partial charge in [0.1, 0.15) is 6.73 Å². The molecule has 1 unspecified atom stereocenters. The molecule has 1 aromatic heterocycles. The molecule has 0 radical (unpaired) electrons. The van der Waals surface area contributed by atoms with Gasteiger partial charge in [0.05, 0.1) is 17.4 Å². The van der Waals surface area contributed by atoms with Gasteiger partial charge >= 0.3 is 0 Å². The molecule has 2 heterocycles. The third kappa shape index (κ3) is 5.42. The van der Waals surface area contributed by atoms with Crippen molar-refractivity contribution < 1.29 is 4.74 Å². The van der Waals surface area contributed by atoms with Crippen LogP contribution in [0.5, 0.6) is 0 Å². The summed E-state index contributed by atoms with van der Waals surface area (Å²) in [7, 11) is 1.91. The molecule has 5 heteroatoms. The molecule has 1 aliphatic heterocycles. The number of aromatic nitrogens is 2. The lowest BCUT2D eigenvalue weighted by Gasteiger charge is -2.34. The number of benzene rings is 1. The molecule has 1 saturated carbocycles. The maximum atomic E-state index is 6.07. The van der Waals surface area contributed by atoms with Gasteiger partial charge in [-0.3, -0.25) is 4.99 Å². The van der Waals surface area contributed by atoms with Gasteiger partial charge in [0, 0.05) is 49.6 Å². The van der Waals surface area contributed by atoms with E-state index >= 15 is 0 Å². The second kappa shape index (κ2) is 9.92. The second-order valence-corrected chi connectivity index (χ2v) is 9.75. The fourth-order valence-corrected chi connectivity index (χ4v) is 4.83. The molecular weight excluding hydrogens is 396 g/mol. The molecule has 2 fully saturated rings. The summed E-state index contributed by atoms with van der Waals surface area (Å²) < 4.78 is 8.35. The van der Waals surface area contributed by atoms with Crippen LogP contribution in [0.4, 0.5) is 0 Å². The number of fused-ring (bicyclic) bond motifs is 1. The molecule has 1 atom stereocenters. The molecule has 170 valence electrons. The minimum atomic E-state index is 0.188. The Morgan fingerprint density at radius 2 is 2.16 bits per heavy atom. The second-order valence-electron chi connectivity index (χ2n) is 9.75. The minimum absolute atomic E-state index is 0.188. The Labute approximate surface area is 192 Å². The number of terminal acetylenes is 1. The molecule has 2 aromatic rings. The molecule has 1 aliphatic carbocycles. The zero-order valence-electron chi connectivity index (χ0n) is 19.8. The number of nitrogens with zero attached hydrogens (tertiary/aromatic N) is 4. The fourth-order valence-electron chi connectivity index (χ4n) is 4.83. The number of ether oxygens (including phenoxy) is 1. The summed E-state index contributed by atoms with van der Waals surface area (Å²) in [6, 6.07) is 6.06. The van der Waals surface area contributed by atoms with Gasteiger partial charge in [-0.1, -0.05) is 12.8 Å². The first-order valence-electron chi connectivity index (χ1n) is 11.9. The normalized spacial score (nSPS) is 23.9. The van der Waals surface area contributed by atoms with Gasteiger partial charge in [-0.05, 0) is 75.1 Å². The first-order chi connectivity index (χ1) is 15.5.